The highest BCUT2D eigenvalue weighted by molar-refractivity contribution is 7.99. The zero-order valence-electron chi connectivity index (χ0n) is 17.1. The number of aromatic nitrogens is 1. The van der Waals surface area contributed by atoms with Crippen molar-refractivity contribution in [3.05, 3.63) is 70.2 Å². The van der Waals surface area contributed by atoms with Crippen LogP contribution in [-0.4, -0.2) is 22.6 Å². The van der Waals surface area contributed by atoms with Crippen LogP contribution in [0.5, 0.6) is 0 Å². The van der Waals surface area contributed by atoms with E-state index >= 15 is 0 Å². The minimum atomic E-state index is -2.52. The molecule has 0 aliphatic rings. The van der Waals surface area contributed by atoms with Gasteiger partial charge in [0.25, 0.3) is 5.76 Å². The minimum absolute atomic E-state index is 0.0680. The molecule has 0 saturated carbocycles. The number of nitrogens with zero attached hydrogens (tertiary/aromatic N) is 2. The van der Waals surface area contributed by atoms with Gasteiger partial charge >= 0.3 is 5.97 Å². The molecule has 0 saturated heterocycles. The van der Waals surface area contributed by atoms with E-state index in [4.69, 9.17) is 4.74 Å². The van der Waals surface area contributed by atoms with E-state index in [1.54, 1.807) is 5.38 Å². The molecule has 0 aliphatic carbocycles. The van der Waals surface area contributed by atoms with Gasteiger partial charge in [-0.2, -0.15) is 8.78 Å². The average molecular weight is 463 g/mol. The van der Waals surface area contributed by atoms with Crippen molar-refractivity contribution in [3.8, 4) is 0 Å². The van der Waals surface area contributed by atoms with Gasteiger partial charge in [-0.25, -0.2) is 9.78 Å². The lowest BCUT2D eigenvalue weighted by Crippen LogP contribution is -2.23. The van der Waals surface area contributed by atoms with Crippen LogP contribution in [-0.2, 0) is 16.1 Å². The fourth-order valence-electron chi connectivity index (χ4n) is 2.92. The highest BCUT2D eigenvalue weighted by Crippen LogP contribution is 2.32. The molecule has 0 radical (unpaired) electrons. The Balaban J connectivity index is 1.68. The molecule has 1 amide bonds. The fourth-order valence-corrected chi connectivity index (χ4v) is 4.29. The van der Waals surface area contributed by atoms with Gasteiger partial charge in [0.2, 0.25) is 5.91 Å². The first-order chi connectivity index (χ1) is 14.7. The number of thiazole rings is 1. The molecule has 3 rings (SSSR count). The summed E-state index contributed by atoms with van der Waals surface area (Å²) >= 11 is 1.69. The van der Waals surface area contributed by atoms with E-state index in [2.05, 4.69) is 4.98 Å². The molecule has 3 aromatic rings. The number of hydrogen-bond acceptors (Lipinski definition) is 6. The highest BCUT2D eigenvalue weighted by atomic mass is 32.2. The molecule has 0 aliphatic heterocycles. The largest absolute Gasteiger partial charge is 0.456 e. The van der Waals surface area contributed by atoms with Crippen molar-refractivity contribution in [1.29, 1.82) is 0 Å². The van der Waals surface area contributed by atoms with Crippen molar-refractivity contribution in [1.82, 2.24) is 4.98 Å². The van der Waals surface area contributed by atoms with E-state index < -0.39 is 11.7 Å². The lowest BCUT2D eigenvalue weighted by atomic mass is 10.1. The standard InChI is InChI=1S/C22H20F2N2O3S2/c1-13-4-9-19(14(2)10-13)26(15(3)27)22-25-17(12-30-22)11-29-20(28)16-5-7-18(8-6-16)31-21(23)24/h4-10,12,21H,11H2,1-3H3. The van der Waals surface area contributed by atoms with Crippen molar-refractivity contribution >= 4 is 45.8 Å². The summed E-state index contributed by atoms with van der Waals surface area (Å²) in [6.45, 7) is 5.31. The highest BCUT2D eigenvalue weighted by Gasteiger charge is 2.20. The fraction of sp³-hybridized carbons (Fsp3) is 0.227. The van der Waals surface area contributed by atoms with E-state index in [1.165, 1.54) is 47.4 Å². The van der Waals surface area contributed by atoms with Crippen molar-refractivity contribution in [2.75, 3.05) is 4.90 Å². The van der Waals surface area contributed by atoms with Crippen LogP contribution in [0.3, 0.4) is 0 Å². The number of amides is 1. The maximum Gasteiger partial charge on any atom is 0.338 e. The Morgan fingerprint density at radius 3 is 2.48 bits per heavy atom. The molecule has 0 bridgehead atoms. The predicted octanol–water partition coefficient (Wildman–Crippen LogP) is 6.12. The molecule has 0 N–H and O–H groups in total. The number of benzene rings is 2. The topological polar surface area (TPSA) is 59.5 Å². The zero-order valence-corrected chi connectivity index (χ0v) is 18.7. The molecule has 162 valence electrons. The van der Waals surface area contributed by atoms with E-state index in [-0.39, 0.29) is 18.1 Å². The second kappa shape index (κ2) is 10.0. The first-order valence-electron chi connectivity index (χ1n) is 9.29. The van der Waals surface area contributed by atoms with E-state index in [0.717, 1.165) is 16.8 Å². The van der Waals surface area contributed by atoms with Gasteiger partial charge in [0.15, 0.2) is 5.13 Å². The van der Waals surface area contributed by atoms with Gasteiger partial charge in [-0.05, 0) is 49.7 Å². The molecular formula is C22H20F2N2O3S2. The van der Waals surface area contributed by atoms with Crippen LogP contribution in [0, 0.1) is 13.8 Å². The first-order valence-corrected chi connectivity index (χ1v) is 11.0. The molecule has 9 heteroatoms. The normalized spacial score (nSPS) is 10.9. The number of hydrogen-bond donors (Lipinski definition) is 0. The second-order valence-electron chi connectivity index (χ2n) is 6.74. The minimum Gasteiger partial charge on any atom is -0.456 e. The Labute approximate surface area is 187 Å². The number of carbonyl (C=O) groups excluding carboxylic acids is 2. The van der Waals surface area contributed by atoms with E-state index in [0.29, 0.717) is 27.5 Å². The Bertz CT molecular complexity index is 1080. The van der Waals surface area contributed by atoms with Gasteiger partial charge in [0.1, 0.15) is 6.61 Å². The number of carbonyl (C=O) groups is 2. The van der Waals surface area contributed by atoms with E-state index in [1.807, 2.05) is 32.0 Å². The summed E-state index contributed by atoms with van der Waals surface area (Å²) in [4.78, 5) is 30.9. The van der Waals surface area contributed by atoms with Crippen molar-refractivity contribution < 1.29 is 23.1 Å². The Morgan fingerprint density at radius 1 is 1.16 bits per heavy atom. The Kier molecular flexibility index (Phi) is 7.40. The molecule has 0 unspecified atom stereocenters. The van der Waals surface area contributed by atoms with Gasteiger partial charge in [-0.3, -0.25) is 9.69 Å². The van der Waals surface area contributed by atoms with Gasteiger partial charge in [-0.15, -0.1) is 11.3 Å². The summed E-state index contributed by atoms with van der Waals surface area (Å²) in [5.74, 6) is -3.28. The lowest BCUT2D eigenvalue weighted by molar-refractivity contribution is -0.115. The number of alkyl halides is 2. The van der Waals surface area contributed by atoms with Crippen molar-refractivity contribution in [2.45, 2.75) is 38.0 Å². The SMILES string of the molecule is CC(=O)N(c1nc(COC(=O)c2ccc(SC(F)F)cc2)cs1)c1ccc(C)cc1C. The molecule has 0 spiro atoms. The number of rotatable bonds is 7. The summed E-state index contributed by atoms with van der Waals surface area (Å²) in [5.41, 5.74) is 3.56. The summed E-state index contributed by atoms with van der Waals surface area (Å²) < 4.78 is 30.1. The summed E-state index contributed by atoms with van der Waals surface area (Å²) in [5, 5.41) is 2.21. The number of anilines is 2. The van der Waals surface area contributed by atoms with Crippen LogP contribution < -0.4 is 4.90 Å². The van der Waals surface area contributed by atoms with Crippen LogP contribution in [0.2, 0.25) is 0 Å². The molecule has 0 fully saturated rings. The third-order valence-corrected chi connectivity index (χ3v) is 5.90. The van der Waals surface area contributed by atoms with Gasteiger partial charge < -0.3 is 4.74 Å². The van der Waals surface area contributed by atoms with Crippen LogP contribution >= 0.6 is 23.1 Å². The van der Waals surface area contributed by atoms with Gasteiger partial charge in [0, 0.05) is 17.2 Å². The third kappa shape index (κ3) is 5.89. The molecule has 1 heterocycles. The molecule has 0 atom stereocenters. The maximum atomic E-state index is 12.4. The van der Waals surface area contributed by atoms with Crippen LogP contribution in [0.4, 0.5) is 19.6 Å². The van der Waals surface area contributed by atoms with Crippen molar-refractivity contribution in [3.63, 3.8) is 0 Å². The predicted molar refractivity (Wildman–Crippen MR) is 118 cm³/mol. The molecule has 2 aromatic carbocycles. The summed E-state index contributed by atoms with van der Waals surface area (Å²) in [7, 11) is 0. The number of halogens is 2. The Hall–Kier alpha value is -2.78. The van der Waals surface area contributed by atoms with Gasteiger partial charge in [-0.1, -0.05) is 29.5 Å². The summed E-state index contributed by atoms with van der Waals surface area (Å²) in [6.07, 6.45) is 0. The number of esters is 1. The smallest absolute Gasteiger partial charge is 0.338 e. The average Bonchev–Trinajstić information content (AvgIpc) is 3.16. The molecule has 5 nitrogen and oxygen atoms in total. The monoisotopic (exact) mass is 462 g/mol. The molecule has 1 aromatic heterocycles. The van der Waals surface area contributed by atoms with E-state index in [9.17, 15) is 18.4 Å². The van der Waals surface area contributed by atoms with Crippen LogP contribution in [0.1, 0.15) is 34.1 Å². The Morgan fingerprint density at radius 2 is 1.87 bits per heavy atom. The van der Waals surface area contributed by atoms with Crippen LogP contribution in [0.15, 0.2) is 52.7 Å². The quantitative estimate of drug-likeness (QED) is 0.313. The second-order valence-corrected chi connectivity index (χ2v) is 8.64. The number of ether oxygens (including phenoxy) is 1. The number of aryl methyl sites for hydroxylation is 2. The van der Waals surface area contributed by atoms with Crippen LogP contribution in [0.25, 0.3) is 0 Å². The first kappa shape index (κ1) is 22.9. The lowest BCUT2D eigenvalue weighted by Gasteiger charge is -2.20. The zero-order chi connectivity index (χ0) is 22.5. The molecular weight excluding hydrogens is 442 g/mol. The van der Waals surface area contributed by atoms with Gasteiger partial charge in [0.05, 0.1) is 16.9 Å². The third-order valence-electron chi connectivity index (χ3n) is 4.31. The molecule has 31 heavy (non-hydrogen) atoms. The summed E-state index contributed by atoms with van der Waals surface area (Å²) in [6, 6.07) is 11.6. The maximum absolute atomic E-state index is 12.4. The van der Waals surface area contributed by atoms with Crippen molar-refractivity contribution in [2.24, 2.45) is 0 Å². The number of thioether (sulfide) groups is 1.